The van der Waals surface area contributed by atoms with Crippen LogP contribution in [0.3, 0.4) is 0 Å². The lowest BCUT2D eigenvalue weighted by molar-refractivity contribution is 0.0532. The second-order valence-electron chi connectivity index (χ2n) is 12.2. The Morgan fingerprint density at radius 1 is 0.673 bits per heavy atom. The van der Waals surface area contributed by atoms with Crippen molar-refractivity contribution in [2.24, 2.45) is 11.5 Å². The molecule has 0 fully saturated rings. The standard InChI is InChI=1S/C39H30N6O5S2/c1-3-50-39(49)34-32(24-9-5-7-11-30(24)52-34)38-43-26-19-22(36(41)48)13-15-28(26)45(38)17-16-44-27-14-12-21(35(40)47)18-25(27)42-37(44)31-23-8-4-6-10-29(23)51-33(31)20(2)46/h4-15,18-19H,3,16-17H2,1-2H3,(H2,40,47)(H2,41,48). The Morgan fingerprint density at radius 3 is 1.60 bits per heavy atom. The molecular formula is C39H30N6O5S2. The zero-order chi connectivity index (χ0) is 36.3. The minimum absolute atomic E-state index is 0.0865. The Hall–Kier alpha value is -6.18. The smallest absolute Gasteiger partial charge is 0.349 e. The Kier molecular flexibility index (Phi) is 8.16. The van der Waals surface area contributed by atoms with Crippen molar-refractivity contribution in [3.8, 4) is 22.8 Å². The number of rotatable bonds is 10. The van der Waals surface area contributed by atoms with Crippen molar-refractivity contribution in [1.82, 2.24) is 19.1 Å². The molecule has 52 heavy (non-hydrogen) atoms. The highest BCUT2D eigenvalue weighted by Gasteiger charge is 2.27. The van der Waals surface area contributed by atoms with Crippen molar-refractivity contribution in [3.05, 3.63) is 106 Å². The van der Waals surface area contributed by atoms with Gasteiger partial charge in [-0.2, -0.15) is 0 Å². The average molecular weight is 727 g/mol. The molecule has 0 unspecified atom stereocenters. The monoisotopic (exact) mass is 726 g/mol. The summed E-state index contributed by atoms with van der Waals surface area (Å²) < 4.78 is 11.4. The van der Waals surface area contributed by atoms with Crippen LogP contribution in [-0.4, -0.2) is 49.3 Å². The maximum absolute atomic E-state index is 13.4. The zero-order valence-electron chi connectivity index (χ0n) is 28.0. The summed E-state index contributed by atoms with van der Waals surface area (Å²) >= 11 is 2.75. The van der Waals surface area contributed by atoms with Gasteiger partial charge in [0.25, 0.3) is 0 Å². The van der Waals surface area contributed by atoms with Crippen LogP contribution in [0.2, 0.25) is 0 Å². The summed E-state index contributed by atoms with van der Waals surface area (Å²) in [5.41, 5.74) is 15.8. The van der Waals surface area contributed by atoms with Gasteiger partial charge in [0.15, 0.2) is 5.78 Å². The molecule has 0 bridgehead atoms. The van der Waals surface area contributed by atoms with Gasteiger partial charge in [-0.05, 0) is 62.4 Å². The fourth-order valence-corrected chi connectivity index (χ4v) is 8.91. The van der Waals surface area contributed by atoms with Crippen LogP contribution in [0.5, 0.6) is 0 Å². The number of fused-ring (bicyclic) bond motifs is 4. The Balaban J connectivity index is 1.36. The second kappa shape index (κ2) is 12.9. The summed E-state index contributed by atoms with van der Waals surface area (Å²) in [5, 5.41) is 1.73. The third-order valence-corrected chi connectivity index (χ3v) is 11.5. The maximum Gasteiger partial charge on any atom is 0.349 e. The molecule has 0 atom stereocenters. The highest BCUT2D eigenvalue weighted by Crippen LogP contribution is 2.42. The number of nitrogens with two attached hydrogens (primary N) is 2. The van der Waals surface area contributed by atoms with Crippen LogP contribution in [-0.2, 0) is 17.8 Å². The number of ketones is 1. The van der Waals surface area contributed by atoms with Gasteiger partial charge in [-0.3, -0.25) is 14.4 Å². The number of thiophene rings is 2. The van der Waals surface area contributed by atoms with Gasteiger partial charge in [0, 0.05) is 50.0 Å². The Morgan fingerprint density at radius 2 is 1.13 bits per heavy atom. The number of imidazole rings is 2. The number of aromatic nitrogens is 4. The number of carbonyl (C=O) groups excluding carboxylic acids is 4. The van der Waals surface area contributed by atoms with Gasteiger partial charge in [0.1, 0.15) is 16.5 Å². The molecule has 0 aliphatic heterocycles. The first kappa shape index (κ1) is 33.0. The molecule has 0 aliphatic carbocycles. The van der Waals surface area contributed by atoms with E-state index in [2.05, 4.69) is 0 Å². The number of aryl methyl sites for hydroxylation is 2. The molecule has 13 heteroatoms. The van der Waals surface area contributed by atoms with Crippen molar-refractivity contribution < 1.29 is 23.9 Å². The lowest BCUT2D eigenvalue weighted by atomic mass is 10.1. The fourth-order valence-electron chi connectivity index (χ4n) is 6.72. The molecular weight excluding hydrogens is 697 g/mol. The van der Waals surface area contributed by atoms with Crippen molar-refractivity contribution in [2.75, 3.05) is 6.61 Å². The number of hydrogen-bond acceptors (Lipinski definition) is 9. The van der Waals surface area contributed by atoms with Gasteiger partial charge in [-0.15, -0.1) is 22.7 Å². The summed E-state index contributed by atoms with van der Waals surface area (Å²) in [7, 11) is 0. The number of nitrogens with zero attached hydrogens (tertiary/aromatic N) is 4. The number of carbonyl (C=O) groups is 4. The van der Waals surface area contributed by atoms with E-state index in [0.717, 1.165) is 31.2 Å². The molecule has 0 aliphatic rings. The van der Waals surface area contributed by atoms with Crippen LogP contribution < -0.4 is 11.5 Å². The van der Waals surface area contributed by atoms with Crippen LogP contribution >= 0.6 is 22.7 Å². The van der Waals surface area contributed by atoms with Crippen LogP contribution in [0, 0.1) is 0 Å². The number of esters is 1. The molecule has 0 spiro atoms. The van der Waals surface area contributed by atoms with Gasteiger partial charge < -0.3 is 25.3 Å². The van der Waals surface area contributed by atoms with E-state index in [4.69, 9.17) is 26.2 Å². The van der Waals surface area contributed by atoms with E-state index in [1.807, 2.05) is 63.7 Å². The van der Waals surface area contributed by atoms with Crippen molar-refractivity contribution in [2.45, 2.75) is 26.9 Å². The van der Waals surface area contributed by atoms with Crippen LogP contribution in [0.4, 0.5) is 0 Å². The molecule has 8 rings (SSSR count). The van der Waals surface area contributed by atoms with Crippen LogP contribution in [0.25, 0.3) is 65.0 Å². The van der Waals surface area contributed by atoms with Gasteiger partial charge in [0.2, 0.25) is 11.8 Å². The van der Waals surface area contributed by atoms with E-state index in [1.54, 1.807) is 44.2 Å². The molecule has 0 saturated carbocycles. The van der Waals surface area contributed by atoms with Gasteiger partial charge in [0.05, 0.1) is 39.1 Å². The van der Waals surface area contributed by atoms with Crippen LogP contribution in [0.15, 0.2) is 84.9 Å². The molecule has 4 heterocycles. The van der Waals surface area contributed by atoms with E-state index in [9.17, 15) is 19.2 Å². The summed E-state index contributed by atoms with van der Waals surface area (Å²) in [4.78, 5) is 62.0. The van der Waals surface area contributed by atoms with E-state index in [0.29, 0.717) is 67.8 Å². The minimum atomic E-state index is -0.583. The zero-order valence-corrected chi connectivity index (χ0v) is 29.6. The molecule has 0 saturated heterocycles. The van der Waals surface area contributed by atoms with Crippen LogP contribution in [0.1, 0.15) is 53.9 Å². The lowest BCUT2D eigenvalue weighted by Crippen LogP contribution is -2.12. The van der Waals surface area contributed by atoms with Gasteiger partial charge in [-0.25, -0.2) is 14.8 Å². The topological polar surface area (TPSA) is 165 Å². The second-order valence-corrected chi connectivity index (χ2v) is 14.3. The molecule has 11 nitrogen and oxygen atoms in total. The number of ether oxygens (including phenoxy) is 1. The summed E-state index contributed by atoms with van der Waals surface area (Å²) in [6.07, 6.45) is 0. The normalized spacial score (nSPS) is 11.6. The van der Waals surface area contributed by atoms with E-state index < -0.39 is 17.8 Å². The molecule has 0 radical (unpaired) electrons. The first-order valence-electron chi connectivity index (χ1n) is 16.5. The van der Waals surface area contributed by atoms with Crippen molar-refractivity contribution in [3.63, 3.8) is 0 Å². The average Bonchev–Trinajstić information content (AvgIpc) is 3.89. The number of hydrogen-bond donors (Lipinski definition) is 2. The molecule has 2 amide bonds. The largest absolute Gasteiger partial charge is 0.462 e. The third-order valence-electron chi connectivity index (χ3n) is 9.03. The first-order valence-corrected chi connectivity index (χ1v) is 18.1. The molecule has 258 valence electrons. The summed E-state index contributed by atoms with van der Waals surface area (Å²) in [6.45, 7) is 4.19. The maximum atomic E-state index is 13.4. The van der Waals surface area contributed by atoms with Crippen molar-refractivity contribution in [1.29, 1.82) is 0 Å². The molecule has 4 aromatic heterocycles. The molecule has 4 aromatic carbocycles. The Labute approximate surface area is 304 Å². The number of Topliss-reactive ketones (excluding diaryl/α,β-unsaturated/α-hetero) is 1. The molecule has 8 aromatic rings. The van der Waals surface area contributed by atoms with E-state index in [1.165, 1.54) is 22.7 Å². The summed E-state index contributed by atoms with van der Waals surface area (Å²) in [5.74, 6) is -0.617. The van der Waals surface area contributed by atoms with E-state index >= 15 is 0 Å². The fraction of sp³-hybridized carbons (Fsp3) is 0.128. The number of amides is 2. The van der Waals surface area contributed by atoms with Crippen molar-refractivity contribution >= 4 is 88.5 Å². The third kappa shape index (κ3) is 5.41. The predicted molar refractivity (Wildman–Crippen MR) is 204 cm³/mol. The highest BCUT2D eigenvalue weighted by atomic mass is 32.1. The summed E-state index contributed by atoms with van der Waals surface area (Å²) in [6, 6.07) is 25.8. The highest BCUT2D eigenvalue weighted by molar-refractivity contribution is 7.22. The Bertz CT molecular complexity index is 2790. The van der Waals surface area contributed by atoms with Gasteiger partial charge >= 0.3 is 5.97 Å². The van der Waals surface area contributed by atoms with E-state index in [-0.39, 0.29) is 12.4 Å². The van der Waals surface area contributed by atoms with Gasteiger partial charge in [-0.1, -0.05) is 36.4 Å². The SMILES string of the molecule is CCOC(=O)c1sc2ccccc2c1-c1nc2cc(C(N)=O)ccc2n1CCn1c(-c2c(C(C)=O)sc3ccccc23)nc2cc(C(N)=O)ccc21. The number of benzene rings is 4. The minimum Gasteiger partial charge on any atom is -0.462 e. The lowest BCUT2D eigenvalue weighted by Gasteiger charge is -2.14. The first-order chi connectivity index (χ1) is 25.1. The molecule has 4 N–H and O–H groups in total. The number of primary amides is 2. The predicted octanol–water partition coefficient (Wildman–Crippen LogP) is 7.43. The quantitative estimate of drug-likeness (QED) is 0.109.